The maximum Gasteiger partial charge on any atom is 0.146 e. The first kappa shape index (κ1) is 14.4. The van der Waals surface area contributed by atoms with E-state index in [4.69, 9.17) is 17.3 Å². The van der Waals surface area contributed by atoms with Gasteiger partial charge in [-0.3, -0.25) is 0 Å². The van der Waals surface area contributed by atoms with Crippen molar-refractivity contribution in [2.75, 3.05) is 5.73 Å². The van der Waals surface area contributed by atoms with E-state index < -0.39 is 0 Å². The first-order valence-electron chi connectivity index (χ1n) is 6.07. The summed E-state index contributed by atoms with van der Waals surface area (Å²) in [6, 6.07) is 7.79. The fourth-order valence-corrected chi connectivity index (χ4v) is 2.52. The summed E-state index contributed by atoms with van der Waals surface area (Å²) in [6.45, 7) is 6.45. The molecule has 0 amide bonds. The van der Waals surface area contributed by atoms with Crippen molar-refractivity contribution in [2.24, 2.45) is 5.41 Å². The van der Waals surface area contributed by atoms with Gasteiger partial charge < -0.3 is 5.73 Å². The van der Waals surface area contributed by atoms with Gasteiger partial charge in [0.2, 0.25) is 0 Å². The van der Waals surface area contributed by atoms with Crippen LogP contribution in [0.25, 0.3) is 5.69 Å². The monoisotopic (exact) mass is 341 g/mol. The topological polar surface area (TPSA) is 43.8 Å². The lowest BCUT2D eigenvalue weighted by molar-refractivity contribution is 0.405. The zero-order chi connectivity index (χ0) is 14.2. The van der Waals surface area contributed by atoms with E-state index in [9.17, 15) is 0 Å². The minimum Gasteiger partial charge on any atom is -0.382 e. The summed E-state index contributed by atoms with van der Waals surface area (Å²) in [5.41, 5.74) is 7.91. The van der Waals surface area contributed by atoms with Crippen molar-refractivity contribution in [2.45, 2.75) is 27.2 Å². The maximum absolute atomic E-state index is 6.30. The fourth-order valence-electron chi connectivity index (χ4n) is 1.88. The van der Waals surface area contributed by atoms with E-state index in [1.807, 2.05) is 24.3 Å². The zero-order valence-corrected chi connectivity index (χ0v) is 13.6. The van der Waals surface area contributed by atoms with Crippen LogP contribution in [0.3, 0.4) is 0 Å². The third kappa shape index (κ3) is 3.12. The van der Waals surface area contributed by atoms with Crippen LogP contribution in [0.15, 0.2) is 28.7 Å². The molecule has 0 unspecified atom stereocenters. The van der Waals surface area contributed by atoms with Gasteiger partial charge in [0, 0.05) is 4.47 Å². The highest BCUT2D eigenvalue weighted by Crippen LogP contribution is 2.32. The van der Waals surface area contributed by atoms with E-state index in [-0.39, 0.29) is 5.41 Å². The summed E-state index contributed by atoms with van der Waals surface area (Å²) >= 11 is 9.80. The Balaban J connectivity index is 2.50. The second-order valence-electron chi connectivity index (χ2n) is 5.75. The lowest BCUT2D eigenvalue weighted by Gasteiger charge is -2.16. The molecule has 5 heteroatoms. The molecule has 2 aromatic rings. The van der Waals surface area contributed by atoms with Crippen molar-refractivity contribution >= 4 is 33.3 Å². The van der Waals surface area contributed by atoms with Gasteiger partial charge in [0.15, 0.2) is 0 Å². The summed E-state index contributed by atoms with van der Waals surface area (Å²) in [6.07, 6.45) is 0.785. The molecule has 0 aliphatic heterocycles. The largest absolute Gasteiger partial charge is 0.382 e. The maximum atomic E-state index is 6.30. The minimum absolute atomic E-state index is 0.114. The second-order valence-corrected chi connectivity index (χ2v) is 6.98. The number of nitrogens with zero attached hydrogens (tertiary/aromatic N) is 2. The predicted octanol–water partition coefficient (Wildman–Crippen LogP) is 4.46. The molecule has 0 spiro atoms. The molecule has 0 fully saturated rings. The van der Waals surface area contributed by atoms with Crippen molar-refractivity contribution < 1.29 is 0 Å². The number of aromatic nitrogens is 2. The van der Waals surface area contributed by atoms with E-state index in [0.29, 0.717) is 10.8 Å². The highest BCUT2D eigenvalue weighted by molar-refractivity contribution is 9.10. The number of benzene rings is 1. The molecule has 0 aliphatic rings. The standard InChI is InChI=1S/C14H17BrClN3/c1-14(2,3)8-10-12(16)13(17)19(18-10)11-7-5-4-6-9(11)15/h4-7H,8,17H2,1-3H3. The second kappa shape index (κ2) is 5.17. The van der Waals surface area contributed by atoms with Gasteiger partial charge >= 0.3 is 0 Å². The summed E-state index contributed by atoms with van der Waals surface area (Å²) < 4.78 is 2.62. The van der Waals surface area contributed by atoms with Gasteiger partial charge in [-0.1, -0.05) is 44.5 Å². The van der Waals surface area contributed by atoms with Crippen molar-refractivity contribution in [1.29, 1.82) is 0 Å². The fraction of sp³-hybridized carbons (Fsp3) is 0.357. The minimum atomic E-state index is 0.114. The molecule has 0 saturated heterocycles. The van der Waals surface area contributed by atoms with E-state index in [1.165, 1.54) is 0 Å². The Morgan fingerprint density at radius 1 is 1.32 bits per heavy atom. The van der Waals surface area contributed by atoms with Crippen molar-refractivity contribution in [1.82, 2.24) is 9.78 Å². The van der Waals surface area contributed by atoms with Gasteiger partial charge in [-0.2, -0.15) is 5.10 Å². The molecule has 0 saturated carbocycles. The first-order chi connectivity index (χ1) is 8.79. The van der Waals surface area contributed by atoms with Gasteiger partial charge in [-0.05, 0) is 39.9 Å². The molecule has 0 bridgehead atoms. The normalized spacial score (nSPS) is 11.8. The van der Waals surface area contributed by atoms with E-state index in [2.05, 4.69) is 41.8 Å². The zero-order valence-electron chi connectivity index (χ0n) is 11.2. The molecule has 3 nitrogen and oxygen atoms in total. The number of rotatable bonds is 2. The molecule has 2 N–H and O–H groups in total. The number of nitrogen functional groups attached to an aromatic ring is 1. The molecular formula is C14H17BrClN3. The van der Waals surface area contributed by atoms with Crippen LogP contribution in [0, 0.1) is 5.41 Å². The van der Waals surface area contributed by atoms with Crippen molar-refractivity contribution in [3.05, 3.63) is 39.5 Å². The molecule has 1 aromatic carbocycles. The molecule has 2 rings (SSSR count). The quantitative estimate of drug-likeness (QED) is 0.875. The Morgan fingerprint density at radius 3 is 2.53 bits per heavy atom. The molecular weight excluding hydrogens is 326 g/mol. The number of hydrogen-bond donors (Lipinski definition) is 1. The highest BCUT2D eigenvalue weighted by atomic mass is 79.9. The SMILES string of the molecule is CC(C)(C)Cc1nn(-c2ccccc2Br)c(N)c1Cl. The van der Waals surface area contributed by atoms with Gasteiger partial charge in [-0.15, -0.1) is 0 Å². The van der Waals surface area contributed by atoms with Gasteiger partial charge in [-0.25, -0.2) is 4.68 Å². The van der Waals surface area contributed by atoms with Crippen molar-refractivity contribution in [3.63, 3.8) is 0 Å². The van der Waals surface area contributed by atoms with Gasteiger partial charge in [0.25, 0.3) is 0 Å². The Labute approximate surface area is 126 Å². The summed E-state index contributed by atoms with van der Waals surface area (Å²) in [5, 5.41) is 5.10. The lowest BCUT2D eigenvalue weighted by Crippen LogP contribution is -2.10. The molecule has 0 aliphatic carbocycles. The molecule has 19 heavy (non-hydrogen) atoms. The van der Waals surface area contributed by atoms with Crippen LogP contribution < -0.4 is 5.73 Å². The average molecular weight is 343 g/mol. The molecule has 1 heterocycles. The molecule has 0 radical (unpaired) electrons. The molecule has 0 atom stereocenters. The van der Waals surface area contributed by atoms with Crippen molar-refractivity contribution in [3.8, 4) is 5.69 Å². The Morgan fingerprint density at radius 2 is 1.95 bits per heavy atom. The van der Waals surface area contributed by atoms with Gasteiger partial charge in [0.05, 0.1) is 11.4 Å². The van der Waals surface area contributed by atoms with Crippen LogP contribution >= 0.6 is 27.5 Å². The third-order valence-corrected chi connectivity index (χ3v) is 3.79. The van der Waals surface area contributed by atoms with E-state index in [0.717, 1.165) is 22.3 Å². The number of nitrogens with two attached hydrogens (primary N) is 1. The lowest BCUT2D eigenvalue weighted by atomic mass is 9.91. The van der Waals surface area contributed by atoms with Gasteiger partial charge in [0.1, 0.15) is 10.8 Å². The van der Waals surface area contributed by atoms with Crippen LogP contribution in [0.5, 0.6) is 0 Å². The highest BCUT2D eigenvalue weighted by Gasteiger charge is 2.21. The number of anilines is 1. The number of hydrogen-bond acceptors (Lipinski definition) is 2. The first-order valence-corrected chi connectivity index (χ1v) is 7.24. The molecule has 1 aromatic heterocycles. The predicted molar refractivity (Wildman–Crippen MR) is 83.8 cm³/mol. The van der Waals surface area contributed by atoms with Crippen LogP contribution in [0.4, 0.5) is 5.82 Å². The summed E-state index contributed by atoms with van der Waals surface area (Å²) in [5.74, 6) is 0.479. The number of halogens is 2. The Bertz CT molecular complexity index is 599. The Kier molecular flexibility index (Phi) is 3.92. The van der Waals surface area contributed by atoms with Crippen LogP contribution in [-0.4, -0.2) is 9.78 Å². The summed E-state index contributed by atoms with van der Waals surface area (Å²) in [7, 11) is 0. The average Bonchev–Trinajstić information content (AvgIpc) is 2.56. The number of para-hydroxylation sites is 1. The van der Waals surface area contributed by atoms with Crippen LogP contribution in [0.1, 0.15) is 26.5 Å². The summed E-state index contributed by atoms with van der Waals surface area (Å²) in [4.78, 5) is 0. The Hall–Kier alpha value is -1.00. The van der Waals surface area contributed by atoms with Crippen LogP contribution in [0.2, 0.25) is 5.02 Å². The van der Waals surface area contributed by atoms with E-state index >= 15 is 0 Å². The van der Waals surface area contributed by atoms with Crippen LogP contribution in [-0.2, 0) is 6.42 Å². The molecule has 102 valence electrons. The van der Waals surface area contributed by atoms with E-state index in [1.54, 1.807) is 4.68 Å². The smallest absolute Gasteiger partial charge is 0.146 e. The third-order valence-electron chi connectivity index (χ3n) is 2.71.